The summed E-state index contributed by atoms with van der Waals surface area (Å²) in [5.41, 5.74) is 0.764. The fraction of sp³-hybridized carbons (Fsp3) is 0. The van der Waals surface area contributed by atoms with Gasteiger partial charge in [0.25, 0.3) is 11.6 Å². The molecule has 1 N–H and O–H groups in total. The molecule has 1 heterocycles. The van der Waals surface area contributed by atoms with Crippen LogP contribution in [0.25, 0.3) is 22.1 Å². The van der Waals surface area contributed by atoms with Crippen LogP contribution in [0.5, 0.6) is 0 Å². The highest BCUT2D eigenvalue weighted by molar-refractivity contribution is 6.30. The molecule has 1 aromatic heterocycles. The van der Waals surface area contributed by atoms with Gasteiger partial charge in [-0.1, -0.05) is 35.9 Å². The van der Waals surface area contributed by atoms with Gasteiger partial charge in [0.15, 0.2) is 0 Å². The van der Waals surface area contributed by atoms with E-state index in [1.165, 1.54) is 24.3 Å². The Balaban J connectivity index is 1.81. The normalized spacial score (nSPS) is 10.7. The summed E-state index contributed by atoms with van der Waals surface area (Å²) in [4.78, 5) is 36.1. The molecule has 148 valence electrons. The van der Waals surface area contributed by atoms with Gasteiger partial charge in [-0.3, -0.25) is 25.0 Å². The number of anilines is 1. The van der Waals surface area contributed by atoms with Crippen LogP contribution in [0.4, 0.5) is 11.6 Å². The van der Waals surface area contributed by atoms with E-state index in [0.717, 1.165) is 0 Å². The SMILES string of the molecule is O=C(Nc1oc2ccccc2c(=O)c1-c1ccc(Cl)cc1)c1ccc([N+](=O)[O-])cc1. The Hall–Kier alpha value is -3.97. The predicted molar refractivity (Wildman–Crippen MR) is 114 cm³/mol. The summed E-state index contributed by atoms with van der Waals surface area (Å²) in [6.07, 6.45) is 0. The van der Waals surface area contributed by atoms with Crippen LogP contribution in [0, 0.1) is 10.1 Å². The second-order valence-corrected chi connectivity index (χ2v) is 6.83. The molecule has 0 unspecified atom stereocenters. The molecule has 0 fully saturated rings. The lowest BCUT2D eigenvalue weighted by atomic mass is 10.0. The van der Waals surface area contributed by atoms with E-state index in [1.54, 1.807) is 48.5 Å². The van der Waals surface area contributed by atoms with Crippen LogP contribution in [0.2, 0.25) is 5.02 Å². The summed E-state index contributed by atoms with van der Waals surface area (Å²) in [6, 6.07) is 18.4. The Bertz CT molecular complexity index is 1330. The molecule has 4 aromatic rings. The highest BCUT2D eigenvalue weighted by Crippen LogP contribution is 2.30. The lowest BCUT2D eigenvalue weighted by molar-refractivity contribution is -0.384. The first-order valence-electron chi connectivity index (χ1n) is 8.81. The van der Waals surface area contributed by atoms with Crippen LogP contribution in [0.3, 0.4) is 0 Å². The molecule has 30 heavy (non-hydrogen) atoms. The Morgan fingerprint density at radius 3 is 2.30 bits per heavy atom. The molecule has 0 bridgehead atoms. The van der Waals surface area contributed by atoms with Gasteiger partial charge >= 0.3 is 0 Å². The first-order chi connectivity index (χ1) is 14.4. The van der Waals surface area contributed by atoms with Gasteiger partial charge in [-0.05, 0) is 42.0 Å². The molecule has 0 aliphatic rings. The largest absolute Gasteiger partial charge is 0.439 e. The number of nitro groups is 1. The summed E-state index contributed by atoms with van der Waals surface area (Å²) in [6.45, 7) is 0. The van der Waals surface area contributed by atoms with Crippen molar-refractivity contribution in [2.45, 2.75) is 0 Å². The number of para-hydroxylation sites is 1. The zero-order chi connectivity index (χ0) is 21.3. The van der Waals surface area contributed by atoms with Gasteiger partial charge in [0.2, 0.25) is 11.3 Å². The summed E-state index contributed by atoms with van der Waals surface area (Å²) in [7, 11) is 0. The molecule has 0 spiro atoms. The smallest absolute Gasteiger partial charge is 0.269 e. The Morgan fingerprint density at radius 2 is 1.63 bits per heavy atom. The maximum atomic E-state index is 13.2. The number of halogens is 1. The Morgan fingerprint density at radius 1 is 0.967 bits per heavy atom. The van der Waals surface area contributed by atoms with E-state index in [2.05, 4.69) is 5.32 Å². The molecule has 7 nitrogen and oxygen atoms in total. The van der Waals surface area contributed by atoms with Gasteiger partial charge in [-0.25, -0.2) is 0 Å². The third-order valence-electron chi connectivity index (χ3n) is 4.50. The molecule has 3 aromatic carbocycles. The van der Waals surface area contributed by atoms with Gasteiger partial charge in [0.05, 0.1) is 15.9 Å². The van der Waals surface area contributed by atoms with E-state index in [-0.39, 0.29) is 28.1 Å². The summed E-state index contributed by atoms with van der Waals surface area (Å²) in [5.74, 6) is -0.595. The number of carbonyl (C=O) groups is 1. The molecular weight excluding hydrogens is 408 g/mol. The maximum Gasteiger partial charge on any atom is 0.269 e. The van der Waals surface area contributed by atoms with E-state index in [1.807, 2.05) is 0 Å². The predicted octanol–water partition coefficient (Wildman–Crippen LogP) is 5.27. The lowest BCUT2D eigenvalue weighted by Crippen LogP contribution is -2.16. The quantitative estimate of drug-likeness (QED) is 0.357. The first kappa shape index (κ1) is 19.4. The van der Waals surface area contributed by atoms with Crippen LogP contribution in [0.1, 0.15) is 10.4 Å². The van der Waals surface area contributed by atoms with E-state index in [4.69, 9.17) is 16.0 Å². The van der Waals surface area contributed by atoms with Gasteiger partial charge in [0.1, 0.15) is 5.58 Å². The fourth-order valence-electron chi connectivity index (χ4n) is 3.02. The second kappa shape index (κ2) is 7.81. The zero-order valence-corrected chi connectivity index (χ0v) is 16.1. The molecule has 8 heteroatoms. The topological polar surface area (TPSA) is 102 Å². The summed E-state index contributed by atoms with van der Waals surface area (Å²) in [5, 5.41) is 14.3. The molecule has 1 amide bonds. The van der Waals surface area contributed by atoms with Gasteiger partial charge in [0, 0.05) is 22.7 Å². The van der Waals surface area contributed by atoms with Crippen LogP contribution < -0.4 is 10.7 Å². The van der Waals surface area contributed by atoms with Crippen molar-refractivity contribution in [2.75, 3.05) is 5.32 Å². The van der Waals surface area contributed by atoms with Crippen molar-refractivity contribution >= 4 is 40.0 Å². The van der Waals surface area contributed by atoms with Crippen LogP contribution in [-0.4, -0.2) is 10.8 Å². The second-order valence-electron chi connectivity index (χ2n) is 6.40. The van der Waals surface area contributed by atoms with Crippen LogP contribution in [-0.2, 0) is 0 Å². The number of nitro benzene ring substituents is 1. The van der Waals surface area contributed by atoms with Crippen LogP contribution >= 0.6 is 11.6 Å². The minimum atomic E-state index is -0.571. The number of hydrogen-bond donors (Lipinski definition) is 1. The van der Waals surface area contributed by atoms with Crippen molar-refractivity contribution in [3.63, 3.8) is 0 Å². The maximum absolute atomic E-state index is 13.2. The Labute approximate surface area is 174 Å². The number of nitrogens with zero attached hydrogens (tertiary/aromatic N) is 1. The number of benzene rings is 3. The van der Waals surface area contributed by atoms with E-state index < -0.39 is 10.8 Å². The average molecular weight is 421 g/mol. The highest BCUT2D eigenvalue weighted by atomic mass is 35.5. The van der Waals surface area contributed by atoms with Crippen molar-refractivity contribution in [2.24, 2.45) is 0 Å². The number of hydrogen-bond acceptors (Lipinski definition) is 5. The molecule has 0 aliphatic heterocycles. The highest BCUT2D eigenvalue weighted by Gasteiger charge is 2.19. The van der Waals surface area contributed by atoms with Gasteiger partial charge < -0.3 is 4.42 Å². The third kappa shape index (κ3) is 3.66. The average Bonchev–Trinajstić information content (AvgIpc) is 2.75. The summed E-state index contributed by atoms with van der Waals surface area (Å²) < 4.78 is 5.84. The number of amides is 1. The van der Waals surface area contributed by atoms with Gasteiger partial charge in [-0.15, -0.1) is 0 Å². The molecule has 0 atom stereocenters. The minimum absolute atomic E-state index is 0.0237. The molecule has 0 saturated carbocycles. The number of nitrogens with one attached hydrogen (secondary N) is 1. The molecule has 4 rings (SSSR count). The zero-order valence-electron chi connectivity index (χ0n) is 15.3. The number of rotatable bonds is 4. The molecule has 0 saturated heterocycles. The van der Waals surface area contributed by atoms with Crippen molar-refractivity contribution in [3.8, 4) is 11.1 Å². The van der Waals surface area contributed by atoms with Crippen molar-refractivity contribution in [1.82, 2.24) is 0 Å². The third-order valence-corrected chi connectivity index (χ3v) is 4.75. The first-order valence-corrected chi connectivity index (χ1v) is 9.19. The Kier molecular flexibility index (Phi) is 5.04. The minimum Gasteiger partial charge on any atom is -0.439 e. The standard InChI is InChI=1S/C22H13ClN2O5/c23-15-9-5-13(6-10-15)19-20(26)17-3-1-2-4-18(17)30-22(19)24-21(27)14-7-11-16(12-8-14)25(28)29/h1-12H,(H,24,27). The number of non-ortho nitro benzene ring substituents is 1. The van der Waals surface area contributed by atoms with Crippen molar-refractivity contribution in [1.29, 1.82) is 0 Å². The lowest BCUT2D eigenvalue weighted by Gasteiger charge is -2.11. The van der Waals surface area contributed by atoms with Crippen molar-refractivity contribution in [3.05, 3.63) is 104 Å². The monoisotopic (exact) mass is 420 g/mol. The van der Waals surface area contributed by atoms with Crippen LogP contribution in [0.15, 0.2) is 82.0 Å². The van der Waals surface area contributed by atoms with Crippen molar-refractivity contribution < 1.29 is 14.1 Å². The van der Waals surface area contributed by atoms with Gasteiger partial charge in [-0.2, -0.15) is 0 Å². The summed E-state index contributed by atoms with van der Waals surface area (Å²) >= 11 is 5.95. The molecule has 0 radical (unpaired) electrons. The molecule has 0 aliphatic carbocycles. The van der Waals surface area contributed by atoms with E-state index in [0.29, 0.717) is 21.6 Å². The number of fused-ring (bicyclic) bond motifs is 1. The van der Waals surface area contributed by atoms with E-state index in [9.17, 15) is 19.7 Å². The van der Waals surface area contributed by atoms with E-state index >= 15 is 0 Å². The molecular formula is C22H13ClN2O5. The fourth-order valence-corrected chi connectivity index (χ4v) is 3.14. The number of carbonyl (C=O) groups excluding carboxylic acids is 1.